The van der Waals surface area contributed by atoms with E-state index in [9.17, 15) is 9.59 Å². The van der Waals surface area contributed by atoms with Crippen LogP contribution >= 0.6 is 15.9 Å². The number of halogens is 1. The summed E-state index contributed by atoms with van der Waals surface area (Å²) in [6.07, 6.45) is 2.74. The van der Waals surface area contributed by atoms with Gasteiger partial charge in [0.1, 0.15) is 5.92 Å². The lowest BCUT2D eigenvalue weighted by molar-refractivity contribution is -0.122. The van der Waals surface area contributed by atoms with E-state index in [2.05, 4.69) is 15.9 Å². The normalized spacial score (nSPS) is 14.7. The van der Waals surface area contributed by atoms with Crippen molar-refractivity contribution < 1.29 is 9.59 Å². The molecule has 0 amide bonds. The largest absolute Gasteiger partial charge is 0.294 e. The van der Waals surface area contributed by atoms with Gasteiger partial charge in [0.2, 0.25) is 0 Å². The van der Waals surface area contributed by atoms with Crippen molar-refractivity contribution in [2.24, 2.45) is 0 Å². The third-order valence-electron chi connectivity index (χ3n) is 2.83. The molecule has 2 nitrogen and oxygen atoms in total. The number of hydrogen-bond donors (Lipinski definition) is 0. The highest BCUT2D eigenvalue weighted by atomic mass is 79.9. The standard InChI is InChI=1S/C13H11BrO2.C2H6/c1-7-5-9(14)6-8(2)12(7)13-10(15)3-4-11(13)16;1-2/h3-6,13H,1-2H3;1-2H3. The number of benzene rings is 1. The molecular weight excluding hydrogens is 292 g/mol. The minimum Gasteiger partial charge on any atom is -0.294 e. The first-order chi connectivity index (χ1) is 8.50. The molecule has 3 heteroatoms. The fourth-order valence-corrected chi connectivity index (χ4v) is 2.85. The van der Waals surface area contributed by atoms with E-state index in [0.717, 1.165) is 21.2 Å². The molecule has 1 aromatic carbocycles. The van der Waals surface area contributed by atoms with E-state index in [1.54, 1.807) is 0 Å². The Labute approximate surface area is 116 Å². The van der Waals surface area contributed by atoms with E-state index in [0.29, 0.717) is 0 Å². The van der Waals surface area contributed by atoms with Crippen LogP contribution in [-0.4, -0.2) is 11.6 Å². The summed E-state index contributed by atoms with van der Waals surface area (Å²) >= 11 is 3.40. The van der Waals surface area contributed by atoms with Gasteiger partial charge >= 0.3 is 0 Å². The Morgan fingerprint density at radius 2 is 1.33 bits per heavy atom. The van der Waals surface area contributed by atoms with Crippen LogP contribution in [0.15, 0.2) is 28.8 Å². The topological polar surface area (TPSA) is 34.1 Å². The molecule has 0 spiro atoms. The lowest BCUT2D eigenvalue weighted by atomic mass is 9.88. The minimum atomic E-state index is -0.618. The number of hydrogen-bond acceptors (Lipinski definition) is 2. The summed E-state index contributed by atoms with van der Waals surface area (Å²) in [7, 11) is 0. The predicted molar refractivity (Wildman–Crippen MR) is 76.9 cm³/mol. The van der Waals surface area contributed by atoms with Gasteiger partial charge in [0.15, 0.2) is 11.6 Å². The molecular formula is C15H17BrO2. The summed E-state index contributed by atoms with van der Waals surface area (Å²) in [6, 6.07) is 3.86. The zero-order valence-electron chi connectivity index (χ0n) is 11.1. The fourth-order valence-electron chi connectivity index (χ4n) is 2.16. The molecule has 0 bridgehead atoms. The third-order valence-corrected chi connectivity index (χ3v) is 3.29. The van der Waals surface area contributed by atoms with Crippen molar-refractivity contribution in [1.82, 2.24) is 0 Å². The number of ketones is 2. The molecule has 18 heavy (non-hydrogen) atoms. The zero-order valence-corrected chi connectivity index (χ0v) is 12.7. The zero-order chi connectivity index (χ0) is 13.9. The first kappa shape index (κ1) is 14.8. The number of allylic oxidation sites excluding steroid dienone is 2. The maximum absolute atomic E-state index is 11.7. The fraction of sp³-hybridized carbons (Fsp3) is 0.333. The Bertz CT molecular complexity index is 474. The molecule has 0 atom stereocenters. The van der Waals surface area contributed by atoms with Crippen LogP contribution in [0.4, 0.5) is 0 Å². The van der Waals surface area contributed by atoms with Crippen LogP contribution in [-0.2, 0) is 9.59 Å². The Morgan fingerprint density at radius 1 is 0.944 bits per heavy atom. The average Bonchev–Trinajstić information content (AvgIpc) is 2.62. The molecule has 1 aromatic rings. The van der Waals surface area contributed by atoms with Gasteiger partial charge in [-0.2, -0.15) is 0 Å². The highest BCUT2D eigenvalue weighted by Gasteiger charge is 2.31. The van der Waals surface area contributed by atoms with Gasteiger partial charge in [-0.05, 0) is 54.8 Å². The van der Waals surface area contributed by atoms with Crippen LogP contribution in [0.1, 0.15) is 36.5 Å². The maximum atomic E-state index is 11.7. The molecule has 1 aliphatic rings. The monoisotopic (exact) mass is 308 g/mol. The van der Waals surface area contributed by atoms with Gasteiger partial charge in [0.25, 0.3) is 0 Å². The van der Waals surface area contributed by atoms with Crippen molar-refractivity contribution in [2.75, 3.05) is 0 Å². The lowest BCUT2D eigenvalue weighted by Gasteiger charge is -2.14. The van der Waals surface area contributed by atoms with Gasteiger partial charge in [-0.1, -0.05) is 29.8 Å². The first-order valence-corrected chi connectivity index (χ1v) is 6.82. The van der Waals surface area contributed by atoms with Crippen molar-refractivity contribution in [1.29, 1.82) is 0 Å². The summed E-state index contributed by atoms with van der Waals surface area (Å²) < 4.78 is 0.970. The molecule has 0 heterocycles. The number of aryl methyl sites for hydroxylation is 2. The molecule has 0 fully saturated rings. The first-order valence-electron chi connectivity index (χ1n) is 6.03. The summed E-state index contributed by atoms with van der Waals surface area (Å²) in [5.41, 5.74) is 2.80. The Balaban J connectivity index is 0.000000771. The maximum Gasteiger partial charge on any atom is 0.171 e. The lowest BCUT2D eigenvalue weighted by Crippen LogP contribution is -2.15. The van der Waals surface area contributed by atoms with E-state index < -0.39 is 5.92 Å². The van der Waals surface area contributed by atoms with Crippen LogP contribution in [0, 0.1) is 13.8 Å². The second-order valence-corrected chi connectivity index (χ2v) is 4.94. The number of carbonyl (C=O) groups excluding carboxylic acids is 2. The van der Waals surface area contributed by atoms with Crippen molar-refractivity contribution >= 4 is 27.5 Å². The molecule has 0 saturated heterocycles. The predicted octanol–water partition coefficient (Wildman–Crippen LogP) is 3.88. The third kappa shape index (κ3) is 2.78. The van der Waals surface area contributed by atoms with Gasteiger partial charge < -0.3 is 0 Å². The number of carbonyl (C=O) groups is 2. The molecule has 0 saturated carbocycles. The minimum absolute atomic E-state index is 0.112. The van der Waals surface area contributed by atoms with Gasteiger partial charge in [-0.25, -0.2) is 0 Å². The Morgan fingerprint density at radius 3 is 1.72 bits per heavy atom. The quantitative estimate of drug-likeness (QED) is 0.738. The molecule has 0 unspecified atom stereocenters. The van der Waals surface area contributed by atoms with Crippen molar-refractivity contribution in [3.63, 3.8) is 0 Å². The molecule has 0 radical (unpaired) electrons. The molecule has 0 N–H and O–H groups in total. The Kier molecular flexibility index (Phi) is 5.03. The molecule has 0 aromatic heterocycles. The summed E-state index contributed by atoms with van der Waals surface area (Å²) in [4.78, 5) is 23.3. The highest BCUT2D eigenvalue weighted by Crippen LogP contribution is 2.31. The van der Waals surface area contributed by atoms with E-state index in [1.807, 2.05) is 39.8 Å². The van der Waals surface area contributed by atoms with E-state index >= 15 is 0 Å². The SMILES string of the molecule is CC.Cc1cc(Br)cc(C)c1C1C(=O)C=CC1=O. The van der Waals surface area contributed by atoms with Crippen LogP contribution in [0.5, 0.6) is 0 Å². The summed E-state index contributed by atoms with van der Waals surface area (Å²) in [6.45, 7) is 7.85. The van der Waals surface area contributed by atoms with Crippen LogP contribution < -0.4 is 0 Å². The van der Waals surface area contributed by atoms with Gasteiger partial charge in [0, 0.05) is 4.47 Å². The molecule has 0 aliphatic heterocycles. The number of rotatable bonds is 1. The molecule has 96 valence electrons. The summed E-state index contributed by atoms with van der Waals surface area (Å²) in [5.74, 6) is -0.842. The van der Waals surface area contributed by atoms with Gasteiger partial charge in [0.05, 0.1) is 0 Å². The van der Waals surface area contributed by atoms with E-state index in [1.165, 1.54) is 12.2 Å². The van der Waals surface area contributed by atoms with Crippen molar-refractivity contribution in [2.45, 2.75) is 33.6 Å². The van der Waals surface area contributed by atoms with Crippen molar-refractivity contribution in [3.05, 3.63) is 45.4 Å². The Hall–Kier alpha value is -1.22. The van der Waals surface area contributed by atoms with E-state index in [-0.39, 0.29) is 11.6 Å². The smallest absolute Gasteiger partial charge is 0.171 e. The molecule has 1 aliphatic carbocycles. The van der Waals surface area contributed by atoms with E-state index in [4.69, 9.17) is 0 Å². The van der Waals surface area contributed by atoms with Gasteiger partial charge in [-0.3, -0.25) is 9.59 Å². The average molecular weight is 309 g/mol. The van der Waals surface area contributed by atoms with Gasteiger partial charge in [-0.15, -0.1) is 0 Å². The summed E-state index contributed by atoms with van der Waals surface area (Å²) in [5, 5.41) is 0. The van der Waals surface area contributed by atoms with Crippen LogP contribution in [0.2, 0.25) is 0 Å². The second-order valence-electron chi connectivity index (χ2n) is 4.02. The second kappa shape index (κ2) is 6.10. The van der Waals surface area contributed by atoms with Crippen LogP contribution in [0.25, 0.3) is 0 Å². The highest BCUT2D eigenvalue weighted by molar-refractivity contribution is 9.10. The van der Waals surface area contributed by atoms with Crippen LogP contribution in [0.3, 0.4) is 0 Å². The van der Waals surface area contributed by atoms with Crippen molar-refractivity contribution in [3.8, 4) is 0 Å². The molecule has 2 rings (SSSR count).